The summed E-state index contributed by atoms with van der Waals surface area (Å²) in [6.45, 7) is 3.40. The van der Waals surface area contributed by atoms with Crippen molar-refractivity contribution in [3.8, 4) is 0 Å². The maximum absolute atomic E-state index is 12.0. The zero-order valence-corrected chi connectivity index (χ0v) is 10.6. The molecule has 1 fully saturated rings. The van der Waals surface area contributed by atoms with Gasteiger partial charge in [0.1, 0.15) is 5.82 Å². The van der Waals surface area contributed by atoms with Crippen molar-refractivity contribution in [3.05, 3.63) is 23.9 Å². The first kappa shape index (κ1) is 12.8. The number of hydrogen-bond donors (Lipinski definition) is 2. The number of anilines is 1. The average molecular weight is 249 g/mol. The van der Waals surface area contributed by atoms with Gasteiger partial charge >= 0.3 is 6.03 Å². The molecule has 2 heterocycles. The minimum atomic E-state index is -0.133. The maximum atomic E-state index is 12.0. The molecule has 1 atom stereocenters. The van der Waals surface area contributed by atoms with Crippen molar-refractivity contribution in [1.29, 1.82) is 0 Å². The van der Waals surface area contributed by atoms with Gasteiger partial charge in [0.2, 0.25) is 0 Å². The van der Waals surface area contributed by atoms with E-state index in [1.165, 1.54) is 0 Å². The molecule has 0 unspecified atom stereocenters. The van der Waals surface area contributed by atoms with Crippen LogP contribution in [0.3, 0.4) is 0 Å². The van der Waals surface area contributed by atoms with Crippen LogP contribution in [-0.2, 0) is 0 Å². The number of hydrogen-bond acceptors (Lipinski definition) is 3. The Labute approximate surface area is 107 Å². The molecule has 1 aromatic heterocycles. The highest BCUT2D eigenvalue weighted by Gasteiger charge is 2.23. The Bertz CT molecular complexity index is 422. The molecule has 1 saturated heterocycles. The first-order chi connectivity index (χ1) is 8.69. The predicted octanol–water partition coefficient (Wildman–Crippen LogP) is 1.63. The Kier molecular flexibility index (Phi) is 4.15. The highest BCUT2D eigenvalue weighted by atomic mass is 16.3. The van der Waals surface area contributed by atoms with E-state index in [2.05, 4.69) is 10.3 Å². The summed E-state index contributed by atoms with van der Waals surface area (Å²) in [6.07, 6.45) is 1.93. The van der Waals surface area contributed by atoms with E-state index >= 15 is 0 Å². The number of amides is 2. The molecule has 18 heavy (non-hydrogen) atoms. The second-order valence-corrected chi connectivity index (χ2v) is 4.73. The molecule has 1 aliphatic rings. The Morgan fingerprint density at radius 1 is 1.61 bits per heavy atom. The molecule has 5 nitrogen and oxygen atoms in total. The maximum Gasteiger partial charge on any atom is 0.323 e. The van der Waals surface area contributed by atoms with E-state index in [1.807, 2.05) is 19.1 Å². The molecule has 1 aromatic rings. The van der Waals surface area contributed by atoms with Gasteiger partial charge in [0.25, 0.3) is 0 Å². The van der Waals surface area contributed by atoms with Gasteiger partial charge in [-0.1, -0.05) is 6.07 Å². The lowest BCUT2D eigenvalue weighted by atomic mass is 9.99. The van der Waals surface area contributed by atoms with Crippen molar-refractivity contribution in [2.24, 2.45) is 5.92 Å². The van der Waals surface area contributed by atoms with Crippen LogP contribution in [0, 0.1) is 12.8 Å². The molecule has 2 rings (SSSR count). The summed E-state index contributed by atoms with van der Waals surface area (Å²) in [4.78, 5) is 18.0. The second kappa shape index (κ2) is 5.82. The first-order valence-corrected chi connectivity index (χ1v) is 6.29. The van der Waals surface area contributed by atoms with Crippen molar-refractivity contribution in [2.75, 3.05) is 25.0 Å². The van der Waals surface area contributed by atoms with Gasteiger partial charge < -0.3 is 10.0 Å². The van der Waals surface area contributed by atoms with E-state index in [9.17, 15) is 4.79 Å². The predicted molar refractivity (Wildman–Crippen MR) is 69.4 cm³/mol. The van der Waals surface area contributed by atoms with E-state index in [0.717, 1.165) is 25.1 Å². The molecule has 0 saturated carbocycles. The Balaban J connectivity index is 1.95. The number of aliphatic hydroxyl groups is 1. The number of carbonyl (C=O) groups excluding carboxylic acids is 1. The molecule has 0 aromatic carbocycles. The van der Waals surface area contributed by atoms with Crippen LogP contribution in [0.15, 0.2) is 18.2 Å². The number of nitrogens with one attached hydrogen (secondary N) is 1. The summed E-state index contributed by atoms with van der Waals surface area (Å²) < 4.78 is 0. The van der Waals surface area contributed by atoms with Gasteiger partial charge in [0, 0.05) is 25.4 Å². The fourth-order valence-corrected chi connectivity index (χ4v) is 2.20. The molecule has 1 aliphatic heterocycles. The average Bonchev–Trinajstić information content (AvgIpc) is 2.39. The van der Waals surface area contributed by atoms with Crippen LogP contribution in [0.1, 0.15) is 18.5 Å². The monoisotopic (exact) mass is 249 g/mol. The molecule has 0 aliphatic carbocycles. The van der Waals surface area contributed by atoms with Crippen molar-refractivity contribution in [2.45, 2.75) is 19.8 Å². The largest absolute Gasteiger partial charge is 0.396 e. The lowest BCUT2D eigenvalue weighted by Gasteiger charge is -2.31. The molecular formula is C13H19N3O2. The lowest BCUT2D eigenvalue weighted by Crippen LogP contribution is -2.43. The van der Waals surface area contributed by atoms with E-state index in [1.54, 1.807) is 11.0 Å². The normalized spacial score (nSPS) is 19.7. The third kappa shape index (κ3) is 3.20. The van der Waals surface area contributed by atoms with Crippen LogP contribution >= 0.6 is 0 Å². The lowest BCUT2D eigenvalue weighted by molar-refractivity contribution is 0.136. The van der Waals surface area contributed by atoms with Crippen molar-refractivity contribution in [3.63, 3.8) is 0 Å². The second-order valence-electron chi connectivity index (χ2n) is 4.73. The number of aromatic nitrogens is 1. The van der Waals surface area contributed by atoms with Gasteiger partial charge in [0.15, 0.2) is 0 Å². The first-order valence-electron chi connectivity index (χ1n) is 6.29. The summed E-state index contributed by atoms with van der Waals surface area (Å²) in [5.41, 5.74) is 0.875. The van der Waals surface area contributed by atoms with E-state index in [0.29, 0.717) is 12.4 Å². The summed E-state index contributed by atoms with van der Waals surface area (Å²) in [5, 5.41) is 11.9. The number of piperidine rings is 1. The van der Waals surface area contributed by atoms with E-state index in [-0.39, 0.29) is 18.6 Å². The van der Waals surface area contributed by atoms with Gasteiger partial charge in [-0.3, -0.25) is 5.32 Å². The highest BCUT2D eigenvalue weighted by Crippen LogP contribution is 2.16. The van der Waals surface area contributed by atoms with E-state index < -0.39 is 0 Å². The van der Waals surface area contributed by atoms with Gasteiger partial charge in [0.05, 0.1) is 0 Å². The van der Waals surface area contributed by atoms with Crippen molar-refractivity contribution in [1.82, 2.24) is 9.88 Å². The molecule has 0 radical (unpaired) electrons. The molecule has 2 N–H and O–H groups in total. The standard InChI is InChI=1S/C13H19N3O2/c1-10-4-2-6-12(14-10)15-13(18)16-7-3-5-11(8-16)9-17/h2,4,6,11,17H,3,5,7-9H2,1H3,(H,14,15,18)/t11-/m1/s1. The summed E-state index contributed by atoms with van der Waals surface area (Å²) in [6, 6.07) is 5.40. The van der Waals surface area contributed by atoms with Crippen LogP contribution in [0.2, 0.25) is 0 Å². The fourth-order valence-electron chi connectivity index (χ4n) is 2.20. The molecule has 0 spiro atoms. The third-order valence-electron chi connectivity index (χ3n) is 3.19. The van der Waals surface area contributed by atoms with Crippen LogP contribution in [0.5, 0.6) is 0 Å². The van der Waals surface area contributed by atoms with Crippen LogP contribution in [0.4, 0.5) is 10.6 Å². The highest BCUT2D eigenvalue weighted by molar-refractivity contribution is 5.88. The Morgan fingerprint density at radius 3 is 3.17 bits per heavy atom. The zero-order chi connectivity index (χ0) is 13.0. The number of aliphatic hydroxyl groups excluding tert-OH is 1. The summed E-state index contributed by atoms with van der Waals surface area (Å²) >= 11 is 0. The molecule has 5 heteroatoms. The third-order valence-corrected chi connectivity index (χ3v) is 3.19. The number of aryl methyl sites for hydroxylation is 1. The zero-order valence-electron chi connectivity index (χ0n) is 10.6. The Morgan fingerprint density at radius 2 is 2.44 bits per heavy atom. The number of nitrogens with zero attached hydrogens (tertiary/aromatic N) is 2. The van der Waals surface area contributed by atoms with Gasteiger partial charge in [-0.25, -0.2) is 9.78 Å². The molecule has 0 bridgehead atoms. The number of rotatable bonds is 2. The number of pyridine rings is 1. The quantitative estimate of drug-likeness (QED) is 0.837. The molecule has 98 valence electrons. The van der Waals surface area contributed by atoms with Gasteiger partial charge in [-0.2, -0.15) is 0 Å². The fraction of sp³-hybridized carbons (Fsp3) is 0.538. The minimum absolute atomic E-state index is 0.133. The molecule has 2 amide bonds. The minimum Gasteiger partial charge on any atom is -0.396 e. The van der Waals surface area contributed by atoms with Crippen molar-refractivity contribution >= 4 is 11.8 Å². The topological polar surface area (TPSA) is 65.5 Å². The SMILES string of the molecule is Cc1cccc(NC(=O)N2CCC[C@@H](CO)C2)n1. The van der Waals surface area contributed by atoms with Gasteiger partial charge in [-0.15, -0.1) is 0 Å². The van der Waals surface area contributed by atoms with Gasteiger partial charge in [-0.05, 0) is 37.8 Å². The number of carbonyl (C=O) groups is 1. The molecular weight excluding hydrogens is 230 g/mol. The smallest absolute Gasteiger partial charge is 0.323 e. The van der Waals surface area contributed by atoms with Crippen LogP contribution < -0.4 is 5.32 Å². The van der Waals surface area contributed by atoms with Crippen LogP contribution in [0.25, 0.3) is 0 Å². The summed E-state index contributed by atoms with van der Waals surface area (Å²) in [7, 11) is 0. The number of likely N-dealkylation sites (tertiary alicyclic amines) is 1. The number of urea groups is 1. The van der Waals surface area contributed by atoms with Crippen molar-refractivity contribution < 1.29 is 9.90 Å². The van der Waals surface area contributed by atoms with Crippen LogP contribution in [-0.4, -0.2) is 40.7 Å². The van der Waals surface area contributed by atoms with E-state index in [4.69, 9.17) is 5.11 Å². The Hall–Kier alpha value is -1.62. The summed E-state index contributed by atoms with van der Waals surface area (Å²) in [5.74, 6) is 0.779.